The van der Waals surface area contributed by atoms with Gasteiger partial charge in [0.25, 0.3) is 5.91 Å². The minimum Gasteiger partial charge on any atom is -0.507 e. The van der Waals surface area contributed by atoms with E-state index in [1.807, 2.05) is 0 Å². The third kappa shape index (κ3) is 3.00. The van der Waals surface area contributed by atoms with Crippen molar-refractivity contribution in [3.8, 4) is 5.75 Å². The molecule has 2 aromatic carbocycles. The minimum absolute atomic E-state index is 0.0652. The van der Waals surface area contributed by atoms with Crippen molar-refractivity contribution in [2.75, 3.05) is 5.32 Å². The molecular weight excluding hydrogens is 276 g/mol. The Morgan fingerprint density at radius 1 is 1.11 bits per heavy atom. The van der Waals surface area contributed by atoms with Gasteiger partial charge in [0, 0.05) is 6.07 Å². The molecule has 0 saturated carbocycles. The Hall–Kier alpha value is -2.14. The molecule has 0 bridgehead atoms. The second kappa shape index (κ2) is 5.24. The molecule has 0 unspecified atom stereocenters. The van der Waals surface area contributed by atoms with Crippen molar-refractivity contribution < 1.29 is 18.7 Å². The molecule has 0 fully saturated rings. The van der Waals surface area contributed by atoms with Crippen LogP contribution in [0.2, 0.25) is 5.02 Å². The highest BCUT2D eigenvalue weighted by atomic mass is 35.5. The van der Waals surface area contributed by atoms with Crippen LogP contribution < -0.4 is 5.32 Å². The van der Waals surface area contributed by atoms with Gasteiger partial charge in [0.2, 0.25) is 0 Å². The Kier molecular flexibility index (Phi) is 3.66. The van der Waals surface area contributed by atoms with Crippen molar-refractivity contribution in [1.82, 2.24) is 0 Å². The summed E-state index contributed by atoms with van der Waals surface area (Å²) in [6, 6.07) is 6.43. The first-order valence-electron chi connectivity index (χ1n) is 5.22. The maximum Gasteiger partial charge on any atom is 0.259 e. The van der Waals surface area contributed by atoms with Crippen molar-refractivity contribution in [2.45, 2.75) is 0 Å². The van der Waals surface area contributed by atoms with Crippen LogP contribution in [-0.2, 0) is 0 Å². The fourth-order valence-electron chi connectivity index (χ4n) is 1.48. The molecule has 2 rings (SSSR count). The van der Waals surface area contributed by atoms with Crippen LogP contribution in [0.3, 0.4) is 0 Å². The first kappa shape index (κ1) is 13.3. The molecule has 0 aliphatic heterocycles. The second-order valence-corrected chi connectivity index (χ2v) is 4.15. The Morgan fingerprint density at radius 2 is 1.74 bits per heavy atom. The summed E-state index contributed by atoms with van der Waals surface area (Å²) < 4.78 is 25.8. The van der Waals surface area contributed by atoms with Gasteiger partial charge in [-0.15, -0.1) is 0 Å². The van der Waals surface area contributed by atoms with E-state index in [-0.39, 0.29) is 16.3 Å². The van der Waals surface area contributed by atoms with Crippen molar-refractivity contribution in [3.05, 3.63) is 58.6 Å². The van der Waals surface area contributed by atoms with Gasteiger partial charge in [-0.1, -0.05) is 11.6 Å². The van der Waals surface area contributed by atoms with E-state index in [0.717, 1.165) is 30.3 Å². The third-order valence-corrected chi connectivity index (χ3v) is 2.71. The number of nitrogens with one attached hydrogen (secondary N) is 1. The standard InChI is InChI=1S/C13H8ClF2NO2/c14-10-4-2-7(15)5-11(10)17-13(19)9-3-1-8(16)6-12(9)18/h1-6,18H,(H,17,19). The van der Waals surface area contributed by atoms with Gasteiger partial charge in [0.1, 0.15) is 17.4 Å². The van der Waals surface area contributed by atoms with Crippen molar-refractivity contribution in [1.29, 1.82) is 0 Å². The number of carbonyl (C=O) groups is 1. The number of aromatic hydroxyl groups is 1. The number of hydrogen-bond donors (Lipinski definition) is 2. The minimum atomic E-state index is -0.718. The summed E-state index contributed by atoms with van der Waals surface area (Å²) in [6.07, 6.45) is 0. The van der Waals surface area contributed by atoms with Crippen LogP contribution in [0.5, 0.6) is 5.75 Å². The second-order valence-electron chi connectivity index (χ2n) is 3.74. The molecule has 2 aromatic rings. The summed E-state index contributed by atoms with van der Waals surface area (Å²) in [4.78, 5) is 11.8. The van der Waals surface area contributed by atoms with Gasteiger partial charge < -0.3 is 10.4 Å². The molecule has 0 aliphatic carbocycles. The largest absolute Gasteiger partial charge is 0.507 e. The van der Waals surface area contributed by atoms with Gasteiger partial charge in [0.05, 0.1) is 16.3 Å². The SMILES string of the molecule is O=C(Nc1cc(F)ccc1Cl)c1ccc(F)cc1O. The highest BCUT2D eigenvalue weighted by molar-refractivity contribution is 6.33. The lowest BCUT2D eigenvalue weighted by Gasteiger charge is -2.08. The summed E-state index contributed by atoms with van der Waals surface area (Å²) in [5, 5.41) is 11.9. The highest BCUT2D eigenvalue weighted by Gasteiger charge is 2.13. The molecule has 6 heteroatoms. The van der Waals surface area contributed by atoms with E-state index in [9.17, 15) is 18.7 Å². The zero-order chi connectivity index (χ0) is 14.0. The van der Waals surface area contributed by atoms with E-state index in [1.54, 1.807) is 0 Å². The molecule has 0 saturated heterocycles. The fourth-order valence-corrected chi connectivity index (χ4v) is 1.64. The number of phenolic OH excluding ortho intramolecular Hbond substituents is 1. The van der Waals surface area contributed by atoms with Gasteiger partial charge in [-0.05, 0) is 30.3 Å². The smallest absolute Gasteiger partial charge is 0.259 e. The van der Waals surface area contributed by atoms with Gasteiger partial charge in [-0.2, -0.15) is 0 Å². The number of carbonyl (C=O) groups excluding carboxylic acids is 1. The van der Waals surface area contributed by atoms with Crippen LogP contribution in [0.25, 0.3) is 0 Å². The zero-order valence-electron chi connectivity index (χ0n) is 9.45. The summed E-state index contributed by atoms with van der Waals surface area (Å²) in [7, 11) is 0. The van der Waals surface area contributed by atoms with Crippen LogP contribution in [-0.4, -0.2) is 11.0 Å². The molecule has 0 aliphatic rings. The predicted molar refractivity (Wildman–Crippen MR) is 67.4 cm³/mol. The Morgan fingerprint density at radius 3 is 2.42 bits per heavy atom. The Balaban J connectivity index is 2.28. The van der Waals surface area contributed by atoms with Gasteiger partial charge in [0.15, 0.2) is 0 Å². The average Bonchev–Trinajstić information content (AvgIpc) is 2.33. The van der Waals surface area contributed by atoms with E-state index in [2.05, 4.69) is 5.32 Å². The Labute approximate surface area is 112 Å². The van der Waals surface area contributed by atoms with Crippen molar-refractivity contribution in [3.63, 3.8) is 0 Å². The quantitative estimate of drug-likeness (QED) is 0.885. The molecule has 0 aromatic heterocycles. The summed E-state index contributed by atoms with van der Waals surface area (Å²) >= 11 is 5.79. The number of halogens is 3. The van der Waals surface area contributed by atoms with Crippen molar-refractivity contribution in [2.24, 2.45) is 0 Å². The molecule has 98 valence electrons. The lowest BCUT2D eigenvalue weighted by molar-refractivity contribution is 0.102. The summed E-state index contributed by atoms with van der Waals surface area (Å²) in [5.41, 5.74) is -0.0721. The normalized spacial score (nSPS) is 10.3. The number of amides is 1. The van der Waals surface area contributed by atoms with Crippen LogP contribution in [0.1, 0.15) is 10.4 Å². The number of benzene rings is 2. The fraction of sp³-hybridized carbons (Fsp3) is 0. The summed E-state index contributed by atoms with van der Waals surface area (Å²) in [6.45, 7) is 0. The number of rotatable bonds is 2. The monoisotopic (exact) mass is 283 g/mol. The first-order chi connectivity index (χ1) is 8.97. The van der Waals surface area contributed by atoms with Crippen LogP contribution >= 0.6 is 11.6 Å². The molecule has 3 nitrogen and oxygen atoms in total. The summed E-state index contributed by atoms with van der Waals surface area (Å²) in [5.74, 6) is -2.46. The first-order valence-corrected chi connectivity index (χ1v) is 5.60. The van der Waals surface area contributed by atoms with E-state index in [4.69, 9.17) is 11.6 Å². The van der Waals surface area contributed by atoms with Crippen molar-refractivity contribution >= 4 is 23.2 Å². The molecule has 19 heavy (non-hydrogen) atoms. The zero-order valence-corrected chi connectivity index (χ0v) is 10.2. The predicted octanol–water partition coefficient (Wildman–Crippen LogP) is 3.58. The van der Waals surface area contributed by atoms with Gasteiger partial charge >= 0.3 is 0 Å². The molecule has 0 atom stereocenters. The van der Waals surface area contributed by atoms with E-state index >= 15 is 0 Å². The maximum absolute atomic E-state index is 13.0. The number of phenols is 1. The molecule has 0 radical (unpaired) electrons. The van der Waals surface area contributed by atoms with Gasteiger partial charge in [-0.3, -0.25) is 4.79 Å². The highest BCUT2D eigenvalue weighted by Crippen LogP contribution is 2.25. The molecule has 1 amide bonds. The number of anilines is 1. The van der Waals surface area contributed by atoms with E-state index < -0.39 is 23.3 Å². The van der Waals surface area contributed by atoms with Crippen LogP contribution in [0.4, 0.5) is 14.5 Å². The lowest BCUT2D eigenvalue weighted by Crippen LogP contribution is -2.12. The molecule has 0 spiro atoms. The topological polar surface area (TPSA) is 49.3 Å². The lowest BCUT2D eigenvalue weighted by atomic mass is 10.1. The third-order valence-electron chi connectivity index (χ3n) is 2.38. The molecule has 2 N–H and O–H groups in total. The Bertz CT molecular complexity index is 647. The average molecular weight is 284 g/mol. The number of hydrogen-bond acceptors (Lipinski definition) is 2. The van der Waals surface area contributed by atoms with E-state index in [1.165, 1.54) is 6.07 Å². The van der Waals surface area contributed by atoms with Gasteiger partial charge in [-0.25, -0.2) is 8.78 Å². The van der Waals surface area contributed by atoms with Crippen LogP contribution in [0, 0.1) is 11.6 Å². The molecular formula is C13H8ClF2NO2. The maximum atomic E-state index is 13.0. The van der Waals surface area contributed by atoms with Crippen LogP contribution in [0.15, 0.2) is 36.4 Å². The molecule has 0 heterocycles. The van der Waals surface area contributed by atoms with E-state index in [0.29, 0.717) is 0 Å².